The van der Waals surface area contributed by atoms with Crippen molar-refractivity contribution < 1.29 is 9.53 Å². The van der Waals surface area contributed by atoms with Crippen molar-refractivity contribution in [2.24, 2.45) is 0 Å². The van der Waals surface area contributed by atoms with Gasteiger partial charge in [0.2, 0.25) is 0 Å². The van der Waals surface area contributed by atoms with E-state index in [9.17, 15) is 4.79 Å². The molecule has 3 N–H and O–H groups in total. The normalized spacial score (nSPS) is 20.4. The minimum absolute atomic E-state index is 0.163. The highest BCUT2D eigenvalue weighted by atomic mass is 16.6. The maximum absolute atomic E-state index is 11.8. The lowest BCUT2D eigenvalue weighted by Crippen LogP contribution is -2.50. The predicted octanol–water partition coefficient (Wildman–Crippen LogP) is 2.77. The van der Waals surface area contributed by atoms with Gasteiger partial charge in [-0.05, 0) is 44.7 Å². The Morgan fingerprint density at radius 3 is 2.48 bits per heavy atom. The molecule has 0 bridgehead atoms. The summed E-state index contributed by atoms with van der Waals surface area (Å²) >= 11 is 0. The minimum atomic E-state index is -0.163. The van der Waals surface area contributed by atoms with Gasteiger partial charge in [0.15, 0.2) is 0 Å². The molecular formula is C19H30N4O2. The van der Waals surface area contributed by atoms with Crippen molar-refractivity contribution in [1.82, 2.24) is 9.80 Å². The van der Waals surface area contributed by atoms with Crippen LogP contribution in [0.4, 0.5) is 16.2 Å². The first-order valence-corrected chi connectivity index (χ1v) is 9.44. The van der Waals surface area contributed by atoms with Gasteiger partial charge in [0.05, 0.1) is 18.0 Å². The Hall–Kier alpha value is -1.95. The molecule has 2 heterocycles. The Bertz CT molecular complexity index is 564. The number of hydrogen-bond donors (Lipinski definition) is 2. The van der Waals surface area contributed by atoms with Crippen molar-refractivity contribution in [3.63, 3.8) is 0 Å². The van der Waals surface area contributed by atoms with Crippen LogP contribution in [0.25, 0.3) is 0 Å². The highest BCUT2D eigenvalue weighted by Crippen LogP contribution is 2.25. The highest BCUT2D eigenvalue weighted by Gasteiger charge is 2.30. The molecule has 0 spiro atoms. The molecular weight excluding hydrogens is 316 g/mol. The van der Waals surface area contributed by atoms with Gasteiger partial charge in [-0.15, -0.1) is 0 Å². The van der Waals surface area contributed by atoms with Crippen LogP contribution in [0.3, 0.4) is 0 Å². The molecule has 0 radical (unpaired) electrons. The van der Waals surface area contributed by atoms with E-state index in [1.807, 2.05) is 36.1 Å². The molecule has 3 rings (SSSR count). The lowest BCUT2D eigenvalue weighted by atomic mass is 9.97. The van der Waals surface area contributed by atoms with Crippen LogP contribution in [0.1, 0.15) is 32.6 Å². The maximum atomic E-state index is 11.8. The lowest BCUT2D eigenvalue weighted by molar-refractivity contribution is 0.0674. The standard InChI is InChI=1S/C19H30N4O2/c1-2-25-19(24)23-13-9-16(10-14-23)22-11-7-15(8-12-22)21-18-6-4-3-5-17(18)20/h3-6,15-16,21H,2,7-14,20H2,1H3. The summed E-state index contributed by atoms with van der Waals surface area (Å²) in [4.78, 5) is 16.2. The molecule has 2 aliphatic rings. The van der Waals surface area contributed by atoms with Crippen LogP contribution in [0.2, 0.25) is 0 Å². The number of carbonyl (C=O) groups is 1. The van der Waals surface area contributed by atoms with E-state index in [1.165, 1.54) is 0 Å². The van der Waals surface area contributed by atoms with E-state index >= 15 is 0 Å². The molecule has 0 aliphatic carbocycles. The third-order valence-electron chi connectivity index (χ3n) is 5.36. The number of likely N-dealkylation sites (tertiary alicyclic amines) is 2. The van der Waals surface area contributed by atoms with Crippen molar-refractivity contribution in [2.75, 3.05) is 43.8 Å². The zero-order valence-electron chi connectivity index (χ0n) is 15.1. The van der Waals surface area contributed by atoms with Gasteiger partial charge in [0, 0.05) is 38.3 Å². The third-order valence-corrected chi connectivity index (χ3v) is 5.36. The van der Waals surface area contributed by atoms with E-state index in [1.54, 1.807) is 0 Å². The number of amides is 1. The second kappa shape index (κ2) is 8.43. The SMILES string of the molecule is CCOC(=O)N1CCC(N2CCC(Nc3ccccc3N)CC2)CC1. The van der Waals surface area contributed by atoms with Gasteiger partial charge in [-0.25, -0.2) is 4.79 Å². The zero-order valence-corrected chi connectivity index (χ0v) is 15.1. The summed E-state index contributed by atoms with van der Waals surface area (Å²) in [7, 11) is 0. The van der Waals surface area contributed by atoms with Crippen molar-refractivity contribution in [2.45, 2.75) is 44.7 Å². The van der Waals surface area contributed by atoms with Crippen molar-refractivity contribution >= 4 is 17.5 Å². The molecule has 6 heteroatoms. The van der Waals surface area contributed by atoms with Gasteiger partial charge in [-0.3, -0.25) is 0 Å². The zero-order chi connectivity index (χ0) is 17.6. The number of ether oxygens (including phenoxy) is 1. The first-order valence-electron chi connectivity index (χ1n) is 9.44. The third kappa shape index (κ3) is 4.57. The second-order valence-corrected chi connectivity index (χ2v) is 6.96. The maximum Gasteiger partial charge on any atom is 0.409 e. The van der Waals surface area contributed by atoms with Crippen LogP contribution in [0.15, 0.2) is 24.3 Å². The van der Waals surface area contributed by atoms with E-state index in [0.717, 1.165) is 63.2 Å². The molecule has 1 aromatic rings. The summed E-state index contributed by atoms with van der Waals surface area (Å²) in [6.45, 7) is 6.13. The monoisotopic (exact) mass is 346 g/mol. The number of rotatable bonds is 4. The molecule has 6 nitrogen and oxygen atoms in total. The second-order valence-electron chi connectivity index (χ2n) is 6.96. The number of anilines is 2. The highest BCUT2D eigenvalue weighted by molar-refractivity contribution is 5.67. The summed E-state index contributed by atoms with van der Waals surface area (Å²) in [5.74, 6) is 0. The fraction of sp³-hybridized carbons (Fsp3) is 0.632. The summed E-state index contributed by atoms with van der Waals surface area (Å²) in [5, 5.41) is 3.59. The quantitative estimate of drug-likeness (QED) is 0.821. The fourth-order valence-corrected chi connectivity index (χ4v) is 3.89. The van der Waals surface area contributed by atoms with Crippen LogP contribution in [-0.4, -0.2) is 60.8 Å². The fourth-order valence-electron chi connectivity index (χ4n) is 3.89. The molecule has 0 aromatic heterocycles. The predicted molar refractivity (Wildman–Crippen MR) is 101 cm³/mol. The van der Waals surface area contributed by atoms with E-state index in [0.29, 0.717) is 18.7 Å². The smallest absolute Gasteiger partial charge is 0.409 e. The number of piperidine rings is 2. The average molecular weight is 346 g/mol. The molecule has 2 fully saturated rings. The van der Waals surface area contributed by atoms with Crippen molar-refractivity contribution in [3.8, 4) is 0 Å². The number of hydrogen-bond acceptors (Lipinski definition) is 5. The number of nitrogens with zero attached hydrogens (tertiary/aromatic N) is 2. The number of nitrogens with two attached hydrogens (primary N) is 1. The van der Waals surface area contributed by atoms with E-state index < -0.39 is 0 Å². The first kappa shape index (κ1) is 17.9. The Balaban J connectivity index is 1.42. The summed E-state index contributed by atoms with van der Waals surface area (Å²) < 4.78 is 5.10. The van der Waals surface area contributed by atoms with E-state index in [-0.39, 0.29) is 6.09 Å². The van der Waals surface area contributed by atoms with Gasteiger partial charge >= 0.3 is 6.09 Å². The van der Waals surface area contributed by atoms with E-state index in [4.69, 9.17) is 10.5 Å². The molecule has 0 atom stereocenters. The lowest BCUT2D eigenvalue weighted by Gasteiger charge is -2.41. The largest absolute Gasteiger partial charge is 0.450 e. The Morgan fingerprint density at radius 2 is 1.84 bits per heavy atom. The van der Waals surface area contributed by atoms with Gasteiger partial charge in [-0.2, -0.15) is 0 Å². The Labute approximate surface area is 150 Å². The van der Waals surface area contributed by atoms with Crippen molar-refractivity contribution in [3.05, 3.63) is 24.3 Å². The number of para-hydroxylation sites is 2. The molecule has 138 valence electrons. The average Bonchev–Trinajstić information content (AvgIpc) is 2.65. The van der Waals surface area contributed by atoms with Crippen LogP contribution in [-0.2, 0) is 4.74 Å². The number of nitrogen functional groups attached to an aromatic ring is 1. The van der Waals surface area contributed by atoms with Crippen LogP contribution in [0, 0.1) is 0 Å². The summed E-state index contributed by atoms with van der Waals surface area (Å²) in [6.07, 6.45) is 4.19. The number of nitrogens with one attached hydrogen (secondary N) is 1. The Kier molecular flexibility index (Phi) is 6.02. The molecule has 2 saturated heterocycles. The van der Waals surface area contributed by atoms with Gasteiger partial charge < -0.3 is 25.6 Å². The molecule has 1 amide bonds. The summed E-state index contributed by atoms with van der Waals surface area (Å²) in [5.41, 5.74) is 7.89. The molecule has 1 aromatic carbocycles. The minimum Gasteiger partial charge on any atom is -0.450 e. The van der Waals surface area contributed by atoms with E-state index in [2.05, 4.69) is 10.2 Å². The summed E-state index contributed by atoms with van der Waals surface area (Å²) in [6, 6.07) is 9.05. The number of carbonyl (C=O) groups excluding carboxylic acids is 1. The molecule has 0 unspecified atom stereocenters. The molecule has 0 saturated carbocycles. The van der Waals surface area contributed by atoms with Gasteiger partial charge in [0.25, 0.3) is 0 Å². The van der Waals surface area contributed by atoms with Crippen LogP contribution in [0.5, 0.6) is 0 Å². The topological polar surface area (TPSA) is 70.8 Å². The van der Waals surface area contributed by atoms with Gasteiger partial charge in [-0.1, -0.05) is 12.1 Å². The molecule has 25 heavy (non-hydrogen) atoms. The van der Waals surface area contributed by atoms with Crippen LogP contribution < -0.4 is 11.1 Å². The Morgan fingerprint density at radius 1 is 1.16 bits per heavy atom. The van der Waals surface area contributed by atoms with Gasteiger partial charge in [0.1, 0.15) is 0 Å². The number of benzene rings is 1. The van der Waals surface area contributed by atoms with Crippen molar-refractivity contribution in [1.29, 1.82) is 0 Å². The first-order chi connectivity index (χ1) is 12.2. The van der Waals surface area contributed by atoms with Crippen LogP contribution >= 0.6 is 0 Å². The molecule has 2 aliphatic heterocycles.